The average Bonchev–Trinajstić information content (AvgIpc) is 2.68. The summed E-state index contributed by atoms with van der Waals surface area (Å²) in [4.78, 5) is 13.1. The van der Waals surface area contributed by atoms with E-state index in [0.29, 0.717) is 12.4 Å². The van der Waals surface area contributed by atoms with E-state index in [4.69, 9.17) is 4.74 Å². The van der Waals surface area contributed by atoms with Crippen LogP contribution in [0.2, 0.25) is 0 Å². The van der Waals surface area contributed by atoms with Gasteiger partial charge in [0.2, 0.25) is 5.91 Å². The molecule has 0 bridgehead atoms. The SMILES string of the molecule is CCOc1ccc(C2NC(C)C(=O)N2CC(F)F)cc1. The lowest BCUT2D eigenvalue weighted by Gasteiger charge is -2.24. The van der Waals surface area contributed by atoms with E-state index >= 15 is 0 Å². The zero-order chi connectivity index (χ0) is 14.7. The molecule has 2 unspecified atom stereocenters. The number of ether oxygens (including phenoxy) is 1. The van der Waals surface area contributed by atoms with Crippen molar-refractivity contribution in [3.05, 3.63) is 29.8 Å². The molecular formula is C14H18F2N2O2. The summed E-state index contributed by atoms with van der Waals surface area (Å²) in [5.41, 5.74) is 0.770. The van der Waals surface area contributed by atoms with E-state index in [1.54, 1.807) is 31.2 Å². The van der Waals surface area contributed by atoms with Gasteiger partial charge in [-0.3, -0.25) is 10.1 Å². The highest BCUT2D eigenvalue weighted by Gasteiger charge is 2.38. The maximum absolute atomic E-state index is 12.6. The lowest BCUT2D eigenvalue weighted by atomic mass is 10.1. The smallest absolute Gasteiger partial charge is 0.255 e. The highest BCUT2D eigenvalue weighted by molar-refractivity contribution is 5.84. The number of alkyl halides is 2. The fourth-order valence-corrected chi connectivity index (χ4v) is 2.31. The first-order valence-electron chi connectivity index (χ1n) is 6.60. The zero-order valence-electron chi connectivity index (χ0n) is 11.5. The van der Waals surface area contributed by atoms with Crippen LogP contribution in [0.3, 0.4) is 0 Å². The molecule has 0 radical (unpaired) electrons. The molecular weight excluding hydrogens is 266 g/mol. The van der Waals surface area contributed by atoms with Gasteiger partial charge < -0.3 is 9.64 Å². The van der Waals surface area contributed by atoms with Crippen molar-refractivity contribution < 1.29 is 18.3 Å². The number of amides is 1. The second-order valence-corrected chi connectivity index (χ2v) is 4.67. The van der Waals surface area contributed by atoms with Crippen LogP contribution in [-0.2, 0) is 4.79 Å². The van der Waals surface area contributed by atoms with Crippen molar-refractivity contribution in [3.8, 4) is 5.75 Å². The van der Waals surface area contributed by atoms with E-state index in [9.17, 15) is 13.6 Å². The first-order chi connectivity index (χ1) is 9.52. The maximum atomic E-state index is 12.6. The first kappa shape index (κ1) is 14.7. The normalized spacial score (nSPS) is 22.6. The fraction of sp³-hybridized carbons (Fsp3) is 0.500. The summed E-state index contributed by atoms with van der Waals surface area (Å²) in [5, 5.41) is 3.03. The van der Waals surface area contributed by atoms with Crippen molar-refractivity contribution in [1.82, 2.24) is 10.2 Å². The zero-order valence-corrected chi connectivity index (χ0v) is 11.5. The second-order valence-electron chi connectivity index (χ2n) is 4.67. The van der Waals surface area contributed by atoms with Crippen LogP contribution in [0.15, 0.2) is 24.3 Å². The highest BCUT2D eigenvalue weighted by Crippen LogP contribution is 2.27. The van der Waals surface area contributed by atoms with Crippen LogP contribution in [-0.4, -0.2) is 36.4 Å². The largest absolute Gasteiger partial charge is 0.494 e. The van der Waals surface area contributed by atoms with Gasteiger partial charge in [0.05, 0.1) is 19.2 Å². The number of benzene rings is 1. The van der Waals surface area contributed by atoms with E-state index in [0.717, 1.165) is 5.56 Å². The Labute approximate surface area is 116 Å². The minimum atomic E-state index is -2.55. The predicted molar refractivity (Wildman–Crippen MR) is 70.7 cm³/mol. The number of nitrogens with zero attached hydrogens (tertiary/aromatic N) is 1. The lowest BCUT2D eigenvalue weighted by molar-refractivity contribution is -0.131. The van der Waals surface area contributed by atoms with Crippen molar-refractivity contribution in [3.63, 3.8) is 0 Å². The van der Waals surface area contributed by atoms with E-state index in [1.165, 1.54) is 4.90 Å². The fourth-order valence-electron chi connectivity index (χ4n) is 2.31. The summed E-state index contributed by atoms with van der Waals surface area (Å²) in [7, 11) is 0. The third-order valence-electron chi connectivity index (χ3n) is 3.21. The monoisotopic (exact) mass is 284 g/mol. The van der Waals surface area contributed by atoms with Crippen LogP contribution >= 0.6 is 0 Å². The summed E-state index contributed by atoms with van der Waals surface area (Å²) in [6.07, 6.45) is -3.06. The quantitative estimate of drug-likeness (QED) is 0.901. The van der Waals surface area contributed by atoms with E-state index in [-0.39, 0.29) is 5.91 Å². The average molecular weight is 284 g/mol. The van der Waals surface area contributed by atoms with E-state index < -0.39 is 25.2 Å². The predicted octanol–water partition coefficient (Wildman–Crippen LogP) is 2.17. The van der Waals surface area contributed by atoms with Crippen molar-refractivity contribution >= 4 is 5.91 Å². The number of nitrogens with one attached hydrogen (secondary N) is 1. The van der Waals surface area contributed by atoms with Gasteiger partial charge in [0.1, 0.15) is 11.9 Å². The summed E-state index contributed by atoms with van der Waals surface area (Å²) in [6.45, 7) is 3.56. The molecule has 0 saturated carbocycles. The minimum Gasteiger partial charge on any atom is -0.494 e. The van der Waals surface area contributed by atoms with Crippen LogP contribution in [0.25, 0.3) is 0 Å². The number of rotatable bonds is 5. The van der Waals surface area contributed by atoms with Gasteiger partial charge in [0.25, 0.3) is 6.43 Å². The molecule has 110 valence electrons. The van der Waals surface area contributed by atoms with Gasteiger partial charge in [-0.2, -0.15) is 0 Å². The number of carbonyl (C=O) groups is 1. The molecule has 20 heavy (non-hydrogen) atoms. The molecule has 1 fully saturated rings. The Kier molecular flexibility index (Phi) is 4.54. The van der Waals surface area contributed by atoms with Crippen molar-refractivity contribution in [1.29, 1.82) is 0 Å². The molecule has 1 heterocycles. The topological polar surface area (TPSA) is 41.6 Å². The minimum absolute atomic E-state index is 0.302. The highest BCUT2D eigenvalue weighted by atomic mass is 19.3. The Bertz CT molecular complexity index is 465. The summed E-state index contributed by atoms with van der Waals surface area (Å²) >= 11 is 0. The molecule has 1 N–H and O–H groups in total. The molecule has 4 nitrogen and oxygen atoms in total. The number of hydrogen-bond acceptors (Lipinski definition) is 3. The molecule has 1 aromatic rings. The van der Waals surface area contributed by atoms with Crippen molar-refractivity contribution in [2.45, 2.75) is 32.5 Å². The van der Waals surface area contributed by atoms with Crippen LogP contribution in [0, 0.1) is 0 Å². The maximum Gasteiger partial charge on any atom is 0.255 e. The molecule has 0 aliphatic carbocycles. The van der Waals surface area contributed by atoms with E-state index in [1.807, 2.05) is 6.92 Å². The Morgan fingerprint density at radius 2 is 2.00 bits per heavy atom. The Morgan fingerprint density at radius 1 is 1.35 bits per heavy atom. The van der Waals surface area contributed by atoms with Gasteiger partial charge in [-0.1, -0.05) is 12.1 Å². The molecule has 2 rings (SSSR count). The van der Waals surface area contributed by atoms with Gasteiger partial charge in [0, 0.05) is 0 Å². The van der Waals surface area contributed by atoms with Gasteiger partial charge in [0.15, 0.2) is 0 Å². The van der Waals surface area contributed by atoms with Crippen LogP contribution in [0.1, 0.15) is 25.6 Å². The van der Waals surface area contributed by atoms with Crippen molar-refractivity contribution in [2.24, 2.45) is 0 Å². The van der Waals surface area contributed by atoms with Gasteiger partial charge in [-0.15, -0.1) is 0 Å². The molecule has 1 saturated heterocycles. The third-order valence-corrected chi connectivity index (χ3v) is 3.21. The summed E-state index contributed by atoms with van der Waals surface area (Å²) < 4.78 is 30.5. The van der Waals surface area contributed by atoms with E-state index in [2.05, 4.69) is 5.32 Å². The standard InChI is InChI=1S/C14H18F2N2O2/c1-3-20-11-6-4-10(5-7-11)13-17-9(2)14(19)18(13)8-12(15)16/h4-7,9,12-13,17H,3,8H2,1-2H3. The Hall–Kier alpha value is -1.69. The Morgan fingerprint density at radius 3 is 2.55 bits per heavy atom. The molecule has 1 amide bonds. The third kappa shape index (κ3) is 3.07. The number of halogens is 2. The molecule has 0 aromatic heterocycles. The summed E-state index contributed by atoms with van der Waals surface area (Å²) in [6, 6.07) is 6.66. The van der Waals surface area contributed by atoms with Crippen LogP contribution < -0.4 is 10.1 Å². The summed E-state index contributed by atoms with van der Waals surface area (Å²) in [5.74, 6) is 0.415. The van der Waals surface area contributed by atoms with Gasteiger partial charge in [-0.25, -0.2) is 8.78 Å². The second kappa shape index (κ2) is 6.17. The lowest BCUT2D eigenvalue weighted by Crippen LogP contribution is -2.34. The Balaban J connectivity index is 2.18. The van der Waals surface area contributed by atoms with Crippen LogP contribution in [0.5, 0.6) is 5.75 Å². The number of carbonyl (C=O) groups excluding carboxylic acids is 1. The first-order valence-corrected chi connectivity index (χ1v) is 6.60. The number of hydrogen-bond donors (Lipinski definition) is 1. The molecule has 1 aliphatic heterocycles. The molecule has 2 atom stereocenters. The van der Waals surface area contributed by atoms with Gasteiger partial charge >= 0.3 is 0 Å². The van der Waals surface area contributed by atoms with Crippen LogP contribution in [0.4, 0.5) is 8.78 Å². The molecule has 6 heteroatoms. The molecule has 1 aliphatic rings. The molecule has 0 spiro atoms. The van der Waals surface area contributed by atoms with Gasteiger partial charge in [-0.05, 0) is 31.5 Å². The molecule has 1 aromatic carbocycles. The van der Waals surface area contributed by atoms with Crippen molar-refractivity contribution in [2.75, 3.05) is 13.2 Å².